The summed E-state index contributed by atoms with van der Waals surface area (Å²) in [4.78, 5) is 9.60. The van der Waals surface area contributed by atoms with E-state index in [9.17, 15) is 9.90 Å². The quantitative estimate of drug-likeness (QED) is 0.293. The van der Waals surface area contributed by atoms with Gasteiger partial charge in [0.15, 0.2) is 0 Å². The molecule has 3 nitrogen and oxygen atoms in total. The molecule has 0 aromatic rings. The fourth-order valence-corrected chi connectivity index (χ4v) is 0.217. The monoisotopic (exact) mass is 120 g/mol. The number of carboxylic acids is 1. The van der Waals surface area contributed by atoms with E-state index in [1.807, 2.05) is 5.92 Å². The first kappa shape index (κ1) is 11.4. The molecule has 0 heterocycles. The zero-order chi connectivity index (χ0) is 6.57. The predicted molar refractivity (Wildman–Crippen MR) is 24.5 cm³/mol. The molecule has 0 aliphatic rings. The molecule has 44 valence electrons. The number of carbonyl (C=O) groups is 1. The third-order valence-electron chi connectivity index (χ3n) is 0.552. The smallest absolute Gasteiger partial charge is 0.550 e. The Hall–Kier alpha value is -0.413. The van der Waals surface area contributed by atoms with Gasteiger partial charge in [-0.1, -0.05) is 5.92 Å². The van der Waals surface area contributed by atoms with Gasteiger partial charge in [0.1, 0.15) is 6.10 Å². The summed E-state index contributed by atoms with van der Waals surface area (Å²) in [5, 5.41) is 18.0. The third kappa shape index (κ3) is 7.59. The number of hydrogen-bond donors (Lipinski definition) is 1. The van der Waals surface area contributed by atoms with Gasteiger partial charge in [0.05, 0.1) is 0 Å². The van der Waals surface area contributed by atoms with Crippen LogP contribution in [-0.2, 0) is 4.79 Å². The first-order chi connectivity index (χ1) is 3.66. The Kier molecular flexibility index (Phi) is 7.24. The number of aliphatic hydroxyl groups excluding tert-OH is 1. The van der Waals surface area contributed by atoms with Gasteiger partial charge in [-0.3, -0.25) is 0 Å². The molecule has 0 bridgehead atoms. The fourth-order valence-electron chi connectivity index (χ4n) is 0.217. The molecular weight excluding hydrogens is 115 g/mol. The summed E-state index contributed by atoms with van der Waals surface area (Å²) >= 11 is 0. The maximum absolute atomic E-state index is 9.60. The standard InChI is InChI=1S/C5H6O3.Li/c1-2-4(6)3-5(7)8;/h1,4,6H,3H2,(H,7,8);/q;+1/p-1. The van der Waals surface area contributed by atoms with Gasteiger partial charge >= 0.3 is 18.9 Å². The molecule has 0 aromatic carbocycles. The molecule has 0 fully saturated rings. The first-order valence-electron chi connectivity index (χ1n) is 2.01. The summed E-state index contributed by atoms with van der Waals surface area (Å²) in [6.45, 7) is 0. The van der Waals surface area contributed by atoms with Gasteiger partial charge in [-0.05, 0) is 0 Å². The van der Waals surface area contributed by atoms with Crippen LogP contribution in [0, 0.1) is 12.3 Å². The van der Waals surface area contributed by atoms with Crippen molar-refractivity contribution in [2.24, 2.45) is 0 Å². The molecule has 0 saturated heterocycles. The van der Waals surface area contributed by atoms with Crippen LogP contribution in [0.2, 0.25) is 0 Å². The van der Waals surface area contributed by atoms with Crippen molar-refractivity contribution in [3.63, 3.8) is 0 Å². The average molecular weight is 120 g/mol. The summed E-state index contributed by atoms with van der Waals surface area (Å²) in [6, 6.07) is 0. The first-order valence-corrected chi connectivity index (χ1v) is 2.01. The number of terminal acetylenes is 1. The van der Waals surface area contributed by atoms with Crippen molar-refractivity contribution in [2.45, 2.75) is 12.5 Å². The molecule has 1 N–H and O–H groups in total. The molecule has 0 rings (SSSR count). The zero-order valence-corrected chi connectivity index (χ0v) is 5.13. The Morgan fingerprint density at radius 3 is 2.44 bits per heavy atom. The molecule has 0 aliphatic carbocycles. The average Bonchev–Trinajstić information content (AvgIpc) is 1.65. The van der Waals surface area contributed by atoms with Crippen molar-refractivity contribution in [2.75, 3.05) is 0 Å². The van der Waals surface area contributed by atoms with Crippen molar-refractivity contribution in [3.8, 4) is 12.3 Å². The van der Waals surface area contributed by atoms with Gasteiger partial charge < -0.3 is 15.0 Å². The van der Waals surface area contributed by atoms with Crippen molar-refractivity contribution in [3.05, 3.63) is 0 Å². The van der Waals surface area contributed by atoms with E-state index in [0.717, 1.165) is 0 Å². The zero-order valence-electron chi connectivity index (χ0n) is 5.13. The number of aliphatic carboxylic acids is 1. The van der Waals surface area contributed by atoms with Gasteiger partial charge in [-0.15, -0.1) is 6.42 Å². The normalized spacial score (nSPS) is 10.7. The van der Waals surface area contributed by atoms with Crippen molar-refractivity contribution in [1.29, 1.82) is 0 Å². The summed E-state index contributed by atoms with van der Waals surface area (Å²) in [5.41, 5.74) is 0. The van der Waals surface area contributed by atoms with E-state index in [-0.39, 0.29) is 18.9 Å². The minimum Gasteiger partial charge on any atom is -0.550 e. The minimum absolute atomic E-state index is 0. The van der Waals surface area contributed by atoms with Crippen LogP contribution >= 0.6 is 0 Å². The molecule has 4 heteroatoms. The molecular formula is C5H5LiO3. The molecule has 0 amide bonds. The van der Waals surface area contributed by atoms with Crippen LogP contribution < -0.4 is 24.0 Å². The molecule has 0 aromatic heterocycles. The van der Waals surface area contributed by atoms with E-state index in [2.05, 4.69) is 6.42 Å². The van der Waals surface area contributed by atoms with Crippen LogP contribution in [0.3, 0.4) is 0 Å². The summed E-state index contributed by atoms with van der Waals surface area (Å²) < 4.78 is 0. The number of rotatable bonds is 2. The maximum atomic E-state index is 9.60. The fraction of sp³-hybridized carbons (Fsp3) is 0.400. The second-order valence-corrected chi connectivity index (χ2v) is 1.26. The molecule has 0 saturated carbocycles. The Morgan fingerprint density at radius 1 is 1.89 bits per heavy atom. The number of carbonyl (C=O) groups excluding carboxylic acids is 1. The second-order valence-electron chi connectivity index (χ2n) is 1.26. The Morgan fingerprint density at radius 2 is 2.33 bits per heavy atom. The summed E-state index contributed by atoms with van der Waals surface area (Å²) in [6.07, 6.45) is 2.93. The molecule has 1 unspecified atom stereocenters. The predicted octanol–water partition coefficient (Wildman–Crippen LogP) is -4.88. The number of hydrogen-bond acceptors (Lipinski definition) is 3. The van der Waals surface area contributed by atoms with Gasteiger partial charge in [0, 0.05) is 12.4 Å². The Labute approximate surface area is 65.2 Å². The van der Waals surface area contributed by atoms with Crippen LogP contribution in [0.15, 0.2) is 0 Å². The van der Waals surface area contributed by atoms with Gasteiger partial charge in [-0.2, -0.15) is 0 Å². The van der Waals surface area contributed by atoms with Crippen LogP contribution in [-0.4, -0.2) is 17.2 Å². The van der Waals surface area contributed by atoms with E-state index < -0.39 is 18.5 Å². The van der Waals surface area contributed by atoms with Crippen LogP contribution in [0.4, 0.5) is 0 Å². The molecule has 0 aliphatic heterocycles. The Bertz CT molecular complexity index is 127. The topological polar surface area (TPSA) is 60.4 Å². The maximum Gasteiger partial charge on any atom is 1.00 e. The number of carboxylic acid groups (broad SMARTS) is 1. The van der Waals surface area contributed by atoms with E-state index in [4.69, 9.17) is 5.11 Å². The second kappa shape index (κ2) is 5.72. The largest absolute Gasteiger partial charge is 1.00 e. The van der Waals surface area contributed by atoms with E-state index >= 15 is 0 Å². The molecule has 1 atom stereocenters. The van der Waals surface area contributed by atoms with Crippen LogP contribution in [0.5, 0.6) is 0 Å². The van der Waals surface area contributed by atoms with Crippen molar-refractivity contribution >= 4 is 5.97 Å². The SMILES string of the molecule is C#CC(O)CC(=O)[O-].[Li+]. The summed E-state index contributed by atoms with van der Waals surface area (Å²) in [5.74, 6) is 0.493. The van der Waals surface area contributed by atoms with E-state index in [0.29, 0.717) is 0 Å². The molecule has 9 heavy (non-hydrogen) atoms. The van der Waals surface area contributed by atoms with Gasteiger partial charge in [0.25, 0.3) is 0 Å². The summed E-state index contributed by atoms with van der Waals surface area (Å²) in [7, 11) is 0. The van der Waals surface area contributed by atoms with E-state index in [1.165, 1.54) is 0 Å². The third-order valence-corrected chi connectivity index (χ3v) is 0.552. The van der Waals surface area contributed by atoms with Gasteiger partial charge in [0.2, 0.25) is 0 Å². The molecule has 0 radical (unpaired) electrons. The minimum atomic E-state index is -1.34. The molecule has 0 spiro atoms. The van der Waals surface area contributed by atoms with Gasteiger partial charge in [-0.25, -0.2) is 0 Å². The number of aliphatic hydroxyl groups is 1. The Balaban J connectivity index is 0. The van der Waals surface area contributed by atoms with E-state index in [1.54, 1.807) is 0 Å². The van der Waals surface area contributed by atoms with Crippen molar-refractivity contribution in [1.82, 2.24) is 0 Å². The van der Waals surface area contributed by atoms with Crippen LogP contribution in [0.25, 0.3) is 0 Å². The van der Waals surface area contributed by atoms with Crippen molar-refractivity contribution < 1.29 is 33.9 Å². The van der Waals surface area contributed by atoms with Crippen LogP contribution in [0.1, 0.15) is 6.42 Å².